The summed E-state index contributed by atoms with van der Waals surface area (Å²) in [6.45, 7) is 0.933. The van der Waals surface area contributed by atoms with Crippen LogP contribution in [0.3, 0.4) is 0 Å². The van der Waals surface area contributed by atoms with E-state index in [1.54, 1.807) is 36.8 Å². The average Bonchev–Trinajstić information content (AvgIpc) is 3.15. The number of amides is 2. The van der Waals surface area contributed by atoms with Gasteiger partial charge in [-0.25, -0.2) is 4.98 Å². The van der Waals surface area contributed by atoms with Gasteiger partial charge < -0.3 is 10.1 Å². The van der Waals surface area contributed by atoms with Crippen molar-refractivity contribution in [2.75, 3.05) is 12.4 Å². The number of carbonyl (C=O) groups excluding carboxylic acids is 2. The molecule has 2 amide bonds. The number of rotatable bonds is 8. The van der Waals surface area contributed by atoms with Gasteiger partial charge in [0.2, 0.25) is 5.91 Å². The predicted molar refractivity (Wildman–Crippen MR) is 109 cm³/mol. The molecule has 0 radical (unpaired) electrons. The van der Waals surface area contributed by atoms with Gasteiger partial charge in [0.1, 0.15) is 0 Å². The number of nitrogens with one attached hydrogen (secondary N) is 2. The van der Waals surface area contributed by atoms with Crippen LogP contribution in [0.25, 0.3) is 0 Å². The lowest BCUT2D eigenvalue weighted by molar-refractivity contribution is -0.120. The third-order valence-electron chi connectivity index (χ3n) is 4.04. The first-order valence-electron chi connectivity index (χ1n) is 8.79. The number of ether oxygens (including phenoxy) is 1. The minimum Gasteiger partial charge on any atom is -0.380 e. The molecule has 0 fully saturated rings. The van der Waals surface area contributed by atoms with Gasteiger partial charge >= 0.3 is 0 Å². The molecule has 2 N–H and O–H groups in total. The summed E-state index contributed by atoms with van der Waals surface area (Å²) in [5, 5.41) is 7.91. The molecular weight excluding hydrogens is 374 g/mol. The quantitative estimate of drug-likeness (QED) is 0.613. The van der Waals surface area contributed by atoms with Crippen molar-refractivity contribution in [1.29, 1.82) is 0 Å². The second-order valence-electron chi connectivity index (χ2n) is 6.12. The molecule has 1 heterocycles. The largest absolute Gasteiger partial charge is 0.380 e. The molecule has 0 aliphatic heterocycles. The predicted octanol–water partition coefficient (Wildman–Crippen LogP) is 3.40. The van der Waals surface area contributed by atoms with Crippen molar-refractivity contribution < 1.29 is 14.3 Å². The van der Waals surface area contributed by atoms with Gasteiger partial charge in [-0.2, -0.15) is 0 Å². The van der Waals surface area contributed by atoms with Crippen molar-refractivity contribution in [2.24, 2.45) is 0 Å². The summed E-state index contributed by atoms with van der Waals surface area (Å²) in [4.78, 5) is 28.7. The van der Waals surface area contributed by atoms with Crippen LogP contribution in [0, 0.1) is 0 Å². The van der Waals surface area contributed by atoms with Crippen LogP contribution in [-0.2, 0) is 29.1 Å². The fraction of sp³-hybridized carbons (Fsp3) is 0.190. The van der Waals surface area contributed by atoms with Crippen LogP contribution < -0.4 is 10.6 Å². The highest BCUT2D eigenvalue weighted by Crippen LogP contribution is 2.17. The number of hydrogen-bond acceptors (Lipinski definition) is 5. The van der Waals surface area contributed by atoms with Crippen LogP contribution in [0.5, 0.6) is 0 Å². The number of aromatic nitrogens is 1. The third-order valence-corrected chi connectivity index (χ3v) is 4.85. The van der Waals surface area contributed by atoms with E-state index in [0.29, 0.717) is 29.5 Å². The van der Waals surface area contributed by atoms with E-state index < -0.39 is 0 Å². The highest BCUT2D eigenvalue weighted by molar-refractivity contribution is 7.14. The zero-order valence-electron chi connectivity index (χ0n) is 15.5. The van der Waals surface area contributed by atoms with Crippen molar-refractivity contribution in [3.63, 3.8) is 0 Å². The van der Waals surface area contributed by atoms with Gasteiger partial charge in [0.15, 0.2) is 5.13 Å². The first-order valence-corrected chi connectivity index (χ1v) is 9.67. The average molecular weight is 395 g/mol. The lowest BCUT2D eigenvalue weighted by Gasteiger charge is -2.09. The second-order valence-corrected chi connectivity index (χ2v) is 6.98. The van der Waals surface area contributed by atoms with Crippen LogP contribution in [0.2, 0.25) is 0 Å². The smallest absolute Gasteiger partial charge is 0.257 e. The maximum Gasteiger partial charge on any atom is 0.257 e. The van der Waals surface area contributed by atoms with Crippen molar-refractivity contribution in [3.05, 3.63) is 82.4 Å². The maximum atomic E-state index is 12.2. The lowest BCUT2D eigenvalue weighted by atomic mass is 10.1. The molecule has 0 aliphatic carbocycles. The molecule has 2 aromatic carbocycles. The Labute approximate surface area is 167 Å². The van der Waals surface area contributed by atoms with Crippen LogP contribution in [0.1, 0.15) is 27.2 Å². The van der Waals surface area contributed by atoms with Crippen LogP contribution in [0.4, 0.5) is 5.13 Å². The summed E-state index contributed by atoms with van der Waals surface area (Å²) < 4.78 is 5.18. The number of nitrogens with zero attached hydrogens (tertiary/aromatic N) is 1. The zero-order valence-corrected chi connectivity index (χ0v) is 16.3. The van der Waals surface area contributed by atoms with Gasteiger partial charge in [0.05, 0.1) is 18.7 Å². The van der Waals surface area contributed by atoms with Crippen LogP contribution in [0.15, 0.2) is 60.0 Å². The molecular formula is C21H21N3O3S. The van der Waals surface area contributed by atoms with E-state index in [1.165, 1.54) is 11.3 Å². The first-order chi connectivity index (χ1) is 13.7. The van der Waals surface area contributed by atoms with E-state index in [-0.39, 0.29) is 18.2 Å². The standard InChI is InChI=1S/C21H21N3O3S/c1-27-13-17-10-6-5-9-16(17)12-22-19(25)11-18-14-28-21(23-18)24-20(26)15-7-3-2-4-8-15/h2-10,14H,11-13H2,1H3,(H,22,25)(H,23,24,26). The summed E-state index contributed by atoms with van der Waals surface area (Å²) in [6, 6.07) is 16.8. The Bertz CT molecular complexity index is 941. The fourth-order valence-corrected chi connectivity index (χ4v) is 3.36. The normalized spacial score (nSPS) is 10.5. The van der Waals surface area contributed by atoms with Gasteiger partial charge in [0.25, 0.3) is 5.91 Å². The molecule has 7 heteroatoms. The molecule has 28 heavy (non-hydrogen) atoms. The maximum absolute atomic E-state index is 12.2. The number of hydrogen-bond donors (Lipinski definition) is 2. The van der Waals surface area contributed by atoms with E-state index in [9.17, 15) is 9.59 Å². The fourth-order valence-electron chi connectivity index (χ4n) is 2.65. The number of anilines is 1. The molecule has 0 saturated heterocycles. The molecule has 144 valence electrons. The Morgan fingerprint density at radius 2 is 1.75 bits per heavy atom. The van der Waals surface area contributed by atoms with Crippen molar-refractivity contribution in [1.82, 2.24) is 10.3 Å². The molecule has 0 atom stereocenters. The third kappa shape index (κ3) is 5.48. The molecule has 6 nitrogen and oxygen atoms in total. The number of benzene rings is 2. The van der Waals surface area contributed by atoms with Gasteiger partial charge in [0, 0.05) is 24.6 Å². The zero-order chi connectivity index (χ0) is 19.8. The van der Waals surface area contributed by atoms with Crippen molar-refractivity contribution in [2.45, 2.75) is 19.6 Å². The van der Waals surface area contributed by atoms with Gasteiger partial charge in [-0.15, -0.1) is 11.3 Å². The van der Waals surface area contributed by atoms with E-state index in [2.05, 4.69) is 15.6 Å². The van der Waals surface area contributed by atoms with E-state index in [1.807, 2.05) is 30.3 Å². The Morgan fingerprint density at radius 1 is 1.04 bits per heavy atom. The molecule has 0 bridgehead atoms. The number of thiazole rings is 1. The summed E-state index contributed by atoms with van der Waals surface area (Å²) in [5.41, 5.74) is 3.25. The molecule has 3 rings (SSSR count). The van der Waals surface area contributed by atoms with Crippen LogP contribution >= 0.6 is 11.3 Å². The van der Waals surface area contributed by atoms with Crippen LogP contribution in [-0.4, -0.2) is 23.9 Å². The Kier molecular flexibility index (Phi) is 6.89. The monoisotopic (exact) mass is 395 g/mol. The van der Waals surface area contributed by atoms with E-state index in [4.69, 9.17) is 4.74 Å². The first kappa shape index (κ1) is 19.7. The topological polar surface area (TPSA) is 80.3 Å². The molecule has 1 aromatic heterocycles. The number of carbonyl (C=O) groups is 2. The summed E-state index contributed by atoms with van der Waals surface area (Å²) in [7, 11) is 1.64. The highest BCUT2D eigenvalue weighted by Gasteiger charge is 2.11. The molecule has 0 unspecified atom stereocenters. The molecule has 0 spiro atoms. The minimum atomic E-state index is -0.222. The van der Waals surface area contributed by atoms with Gasteiger partial charge in [-0.05, 0) is 23.3 Å². The van der Waals surface area contributed by atoms with Crippen molar-refractivity contribution >= 4 is 28.3 Å². The van der Waals surface area contributed by atoms with Gasteiger partial charge in [-0.3, -0.25) is 14.9 Å². The number of methoxy groups -OCH3 is 1. The van der Waals surface area contributed by atoms with E-state index in [0.717, 1.165) is 11.1 Å². The minimum absolute atomic E-state index is 0.126. The Balaban J connectivity index is 1.52. The Hall–Kier alpha value is -3.03. The summed E-state index contributed by atoms with van der Waals surface area (Å²) >= 11 is 1.30. The molecule has 0 aliphatic rings. The van der Waals surface area contributed by atoms with Crippen molar-refractivity contribution in [3.8, 4) is 0 Å². The Morgan fingerprint density at radius 3 is 2.50 bits per heavy atom. The summed E-state index contributed by atoms with van der Waals surface area (Å²) in [6.07, 6.45) is 0.157. The molecule has 0 saturated carbocycles. The highest BCUT2D eigenvalue weighted by atomic mass is 32.1. The van der Waals surface area contributed by atoms with Gasteiger partial charge in [-0.1, -0.05) is 42.5 Å². The SMILES string of the molecule is COCc1ccccc1CNC(=O)Cc1csc(NC(=O)c2ccccc2)n1. The molecule has 3 aromatic rings. The lowest BCUT2D eigenvalue weighted by Crippen LogP contribution is -2.25. The van der Waals surface area contributed by atoms with E-state index >= 15 is 0 Å². The summed E-state index contributed by atoms with van der Waals surface area (Å²) in [5.74, 6) is -0.348. The second kappa shape index (κ2) is 9.77.